The minimum atomic E-state index is -0.510. The molecule has 102 valence electrons. The first kappa shape index (κ1) is 14.7. The second-order valence-corrected chi connectivity index (χ2v) is 4.58. The third kappa shape index (κ3) is 2.71. The van der Waals surface area contributed by atoms with Gasteiger partial charge in [-0.1, -0.05) is 27.7 Å². The average molecular weight is 256 g/mol. The van der Waals surface area contributed by atoms with Gasteiger partial charge in [0.15, 0.2) is 0 Å². The number of esters is 3. The van der Waals surface area contributed by atoms with Crippen molar-refractivity contribution in [2.45, 2.75) is 34.1 Å². The molecule has 0 aromatic carbocycles. The standard InChI is InChI=1S/C11H14O5.C2H6/c1-5-4-15-10(13)7(5)3-8-6(2)9(12)16-11(8)14;1-2/h5-8H,3-4H2,1-2H3;1-2H3. The van der Waals surface area contributed by atoms with Gasteiger partial charge >= 0.3 is 17.9 Å². The summed E-state index contributed by atoms with van der Waals surface area (Å²) in [7, 11) is 0. The first-order valence-electron chi connectivity index (χ1n) is 6.43. The zero-order chi connectivity index (χ0) is 13.9. The molecule has 0 saturated carbocycles. The summed E-state index contributed by atoms with van der Waals surface area (Å²) in [6, 6.07) is 0. The van der Waals surface area contributed by atoms with E-state index in [-0.39, 0.29) is 17.8 Å². The van der Waals surface area contributed by atoms with Gasteiger partial charge in [-0.15, -0.1) is 0 Å². The van der Waals surface area contributed by atoms with Gasteiger partial charge < -0.3 is 9.47 Å². The van der Waals surface area contributed by atoms with Gasteiger partial charge in [-0.2, -0.15) is 0 Å². The molecule has 2 rings (SSSR count). The van der Waals surface area contributed by atoms with E-state index in [0.29, 0.717) is 13.0 Å². The normalized spacial score (nSPS) is 34.8. The largest absolute Gasteiger partial charge is 0.465 e. The zero-order valence-corrected chi connectivity index (χ0v) is 11.3. The second kappa shape index (κ2) is 5.98. The third-order valence-corrected chi connectivity index (χ3v) is 3.47. The van der Waals surface area contributed by atoms with Gasteiger partial charge in [-0.05, 0) is 6.42 Å². The fourth-order valence-electron chi connectivity index (χ4n) is 2.21. The SMILES string of the molecule is CC.CC1COC(=O)C1CC1C(=O)OC(=O)C1C. The zero-order valence-electron chi connectivity index (χ0n) is 11.3. The Balaban J connectivity index is 0.000000771. The van der Waals surface area contributed by atoms with Crippen LogP contribution >= 0.6 is 0 Å². The van der Waals surface area contributed by atoms with E-state index >= 15 is 0 Å². The molecule has 2 fully saturated rings. The van der Waals surface area contributed by atoms with E-state index in [1.54, 1.807) is 6.92 Å². The second-order valence-electron chi connectivity index (χ2n) is 4.58. The van der Waals surface area contributed by atoms with Crippen LogP contribution in [0, 0.1) is 23.7 Å². The molecule has 0 aliphatic carbocycles. The highest BCUT2D eigenvalue weighted by atomic mass is 16.6. The summed E-state index contributed by atoms with van der Waals surface area (Å²) in [6.45, 7) is 7.96. The van der Waals surface area contributed by atoms with Crippen molar-refractivity contribution in [3.05, 3.63) is 0 Å². The number of carbonyl (C=O) groups excluding carboxylic acids is 3. The average Bonchev–Trinajstić information content (AvgIpc) is 2.79. The maximum absolute atomic E-state index is 11.4. The summed E-state index contributed by atoms with van der Waals surface area (Å²) in [6.07, 6.45) is 0.353. The number of ether oxygens (including phenoxy) is 2. The van der Waals surface area contributed by atoms with Crippen LogP contribution in [0.15, 0.2) is 0 Å². The van der Waals surface area contributed by atoms with Crippen LogP contribution in [0.4, 0.5) is 0 Å². The molecule has 2 aliphatic rings. The Morgan fingerprint density at radius 2 is 1.61 bits per heavy atom. The van der Waals surface area contributed by atoms with E-state index in [0.717, 1.165) is 0 Å². The smallest absolute Gasteiger partial charge is 0.317 e. The molecule has 2 saturated heterocycles. The Bertz CT molecular complexity index is 349. The Kier molecular flexibility index (Phi) is 4.87. The highest BCUT2D eigenvalue weighted by Gasteiger charge is 2.46. The van der Waals surface area contributed by atoms with Gasteiger partial charge in [0.1, 0.15) is 0 Å². The van der Waals surface area contributed by atoms with E-state index in [2.05, 4.69) is 4.74 Å². The molecule has 0 aromatic rings. The maximum Gasteiger partial charge on any atom is 0.317 e. The van der Waals surface area contributed by atoms with Crippen LogP contribution in [0.25, 0.3) is 0 Å². The molecule has 5 nitrogen and oxygen atoms in total. The predicted molar refractivity (Wildman–Crippen MR) is 63.3 cm³/mol. The van der Waals surface area contributed by atoms with Gasteiger partial charge in [0.2, 0.25) is 0 Å². The van der Waals surface area contributed by atoms with Gasteiger partial charge in [-0.3, -0.25) is 14.4 Å². The van der Waals surface area contributed by atoms with E-state index < -0.39 is 23.8 Å². The molecule has 0 amide bonds. The fraction of sp³-hybridized carbons (Fsp3) is 0.769. The van der Waals surface area contributed by atoms with Crippen LogP contribution in [0.2, 0.25) is 0 Å². The minimum Gasteiger partial charge on any atom is -0.465 e. The molecule has 5 heteroatoms. The lowest BCUT2D eigenvalue weighted by Gasteiger charge is -2.14. The predicted octanol–water partition coefficient (Wildman–Crippen LogP) is 1.55. The van der Waals surface area contributed by atoms with Gasteiger partial charge in [-0.25, -0.2) is 0 Å². The lowest BCUT2D eigenvalue weighted by molar-refractivity contribution is -0.153. The van der Waals surface area contributed by atoms with E-state index in [9.17, 15) is 14.4 Å². The van der Waals surface area contributed by atoms with Crippen molar-refractivity contribution in [1.29, 1.82) is 0 Å². The number of rotatable bonds is 2. The number of hydrogen-bond acceptors (Lipinski definition) is 5. The summed E-state index contributed by atoms with van der Waals surface area (Å²) in [5.74, 6) is -2.40. The topological polar surface area (TPSA) is 69.7 Å². The lowest BCUT2D eigenvalue weighted by atomic mass is 9.83. The molecule has 0 N–H and O–H groups in total. The highest BCUT2D eigenvalue weighted by Crippen LogP contribution is 2.34. The van der Waals surface area contributed by atoms with Crippen molar-refractivity contribution in [2.24, 2.45) is 23.7 Å². The lowest BCUT2D eigenvalue weighted by Crippen LogP contribution is -2.24. The van der Waals surface area contributed by atoms with Crippen molar-refractivity contribution in [3.63, 3.8) is 0 Å². The number of cyclic esters (lactones) is 3. The maximum atomic E-state index is 11.4. The first-order valence-corrected chi connectivity index (χ1v) is 6.43. The van der Waals surface area contributed by atoms with Crippen LogP contribution in [0.1, 0.15) is 34.1 Å². The van der Waals surface area contributed by atoms with Crippen molar-refractivity contribution in [1.82, 2.24) is 0 Å². The summed E-state index contributed by atoms with van der Waals surface area (Å²) in [4.78, 5) is 34.0. The number of hydrogen-bond donors (Lipinski definition) is 0. The Morgan fingerprint density at radius 1 is 1.00 bits per heavy atom. The highest BCUT2D eigenvalue weighted by molar-refractivity contribution is 5.96. The van der Waals surface area contributed by atoms with Crippen LogP contribution in [0.5, 0.6) is 0 Å². The summed E-state index contributed by atoms with van der Waals surface area (Å²) >= 11 is 0. The molecule has 2 heterocycles. The van der Waals surface area contributed by atoms with E-state index in [1.165, 1.54) is 0 Å². The van der Waals surface area contributed by atoms with Crippen molar-refractivity contribution >= 4 is 17.9 Å². The van der Waals surface area contributed by atoms with Crippen molar-refractivity contribution in [3.8, 4) is 0 Å². The molecular weight excluding hydrogens is 236 g/mol. The molecule has 0 spiro atoms. The van der Waals surface area contributed by atoms with Crippen LogP contribution in [-0.2, 0) is 23.9 Å². The molecule has 4 atom stereocenters. The Morgan fingerprint density at radius 3 is 2.00 bits per heavy atom. The summed E-state index contributed by atoms with van der Waals surface area (Å²) in [5.41, 5.74) is 0. The molecule has 0 bridgehead atoms. The molecule has 18 heavy (non-hydrogen) atoms. The van der Waals surface area contributed by atoms with E-state index in [4.69, 9.17) is 4.74 Å². The van der Waals surface area contributed by atoms with Crippen LogP contribution in [-0.4, -0.2) is 24.5 Å². The molecule has 4 unspecified atom stereocenters. The first-order chi connectivity index (χ1) is 8.50. The van der Waals surface area contributed by atoms with Crippen LogP contribution < -0.4 is 0 Å². The fourth-order valence-corrected chi connectivity index (χ4v) is 2.21. The van der Waals surface area contributed by atoms with Gasteiger partial charge in [0, 0.05) is 5.92 Å². The molecule has 2 aliphatic heterocycles. The van der Waals surface area contributed by atoms with Crippen LogP contribution in [0.3, 0.4) is 0 Å². The number of carbonyl (C=O) groups is 3. The Labute approximate surface area is 107 Å². The summed E-state index contributed by atoms with van der Waals surface area (Å²) < 4.78 is 9.45. The Hall–Kier alpha value is -1.39. The third-order valence-electron chi connectivity index (χ3n) is 3.47. The molecule has 0 radical (unpaired) electrons. The summed E-state index contributed by atoms with van der Waals surface area (Å²) in [5, 5.41) is 0. The van der Waals surface area contributed by atoms with Crippen molar-refractivity contribution < 1.29 is 23.9 Å². The minimum absolute atomic E-state index is 0.100. The molecule has 0 aromatic heterocycles. The van der Waals surface area contributed by atoms with E-state index in [1.807, 2.05) is 20.8 Å². The molecular formula is C13H20O5. The monoisotopic (exact) mass is 256 g/mol. The quantitative estimate of drug-likeness (QED) is 0.553. The van der Waals surface area contributed by atoms with Gasteiger partial charge in [0.05, 0.1) is 24.4 Å². The van der Waals surface area contributed by atoms with Gasteiger partial charge in [0.25, 0.3) is 0 Å². The van der Waals surface area contributed by atoms with Crippen molar-refractivity contribution in [2.75, 3.05) is 6.61 Å².